The predicted molar refractivity (Wildman–Crippen MR) is 117 cm³/mol. The van der Waals surface area contributed by atoms with Crippen LogP contribution in [0.25, 0.3) is 0 Å². The number of rotatable bonds is 8. The summed E-state index contributed by atoms with van der Waals surface area (Å²) in [6.45, 7) is 7.92. The highest BCUT2D eigenvalue weighted by molar-refractivity contribution is 8.14. The number of thioether (sulfide) groups is 1. The van der Waals surface area contributed by atoms with Gasteiger partial charge >= 0.3 is 0 Å². The third-order valence-electron chi connectivity index (χ3n) is 6.13. The number of piperidine rings is 1. The fourth-order valence-corrected chi connectivity index (χ4v) is 5.68. The Labute approximate surface area is 177 Å². The lowest BCUT2D eigenvalue weighted by Gasteiger charge is -2.33. The number of ether oxygens (including phenoxy) is 1. The van der Waals surface area contributed by atoms with Crippen LogP contribution in [0.4, 0.5) is 4.79 Å². The molecule has 0 N–H and O–H groups in total. The van der Waals surface area contributed by atoms with E-state index in [1.165, 1.54) is 31.2 Å². The highest BCUT2D eigenvalue weighted by Crippen LogP contribution is 2.35. The second-order valence-electron chi connectivity index (χ2n) is 8.49. The second kappa shape index (κ2) is 9.27. The molecule has 1 saturated carbocycles. The average Bonchev–Trinajstić information content (AvgIpc) is 3.43. The van der Waals surface area contributed by atoms with Crippen LogP contribution in [0.5, 0.6) is 5.75 Å². The molecule has 3 aliphatic rings. The number of carbonyl (C=O) groups excluding carboxylic acids is 1. The minimum atomic E-state index is 0.301. The van der Waals surface area contributed by atoms with Crippen molar-refractivity contribution >= 4 is 28.6 Å². The Morgan fingerprint density at radius 3 is 2.64 bits per heavy atom. The van der Waals surface area contributed by atoms with Gasteiger partial charge in [0.05, 0.1) is 6.61 Å². The van der Waals surface area contributed by atoms with Crippen LogP contribution < -0.4 is 4.74 Å². The molecule has 2 saturated heterocycles. The number of amides is 1. The van der Waals surface area contributed by atoms with Crippen molar-refractivity contribution < 1.29 is 9.53 Å². The number of nitrogens with zero attached hydrogens (tertiary/aromatic N) is 2. The summed E-state index contributed by atoms with van der Waals surface area (Å²) in [5.41, 5.74) is 1.21. The minimum absolute atomic E-state index is 0.301. The maximum absolute atomic E-state index is 12.2. The van der Waals surface area contributed by atoms with Crippen LogP contribution in [0, 0.1) is 11.8 Å². The molecule has 1 aliphatic carbocycles. The third-order valence-corrected chi connectivity index (χ3v) is 7.59. The molecule has 1 atom stereocenters. The molecule has 4 rings (SSSR count). The molecule has 4 nitrogen and oxygen atoms in total. The first-order valence-electron chi connectivity index (χ1n) is 10.7. The van der Waals surface area contributed by atoms with Crippen molar-refractivity contribution in [2.45, 2.75) is 44.3 Å². The molecule has 154 valence electrons. The summed E-state index contributed by atoms with van der Waals surface area (Å²) >= 11 is 7.98. The van der Waals surface area contributed by atoms with Gasteiger partial charge in [-0.3, -0.25) is 4.79 Å². The number of hydrogen-bond acceptors (Lipinski definition) is 4. The summed E-state index contributed by atoms with van der Waals surface area (Å²) in [5, 5.41) is 1.60. The lowest BCUT2D eigenvalue weighted by molar-refractivity contribution is 0.179. The normalized spacial score (nSPS) is 24.1. The van der Waals surface area contributed by atoms with Crippen molar-refractivity contribution in [3.63, 3.8) is 0 Å². The maximum atomic E-state index is 12.2. The van der Waals surface area contributed by atoms with E-state index in [1.54, 1.807) is 11.8 Å². The zero-order valence-corrected chi connectivity index (χ0v) is 18.3. The van der Waals surface area contributed by atoms with Gasteiger partial charge in [-0.2, -0.15) is 0 Å². The van der Waals surface area contributed by atoms with Crippen molar-refractivity contribution in [3.05, 3.63) is 28.8 Å². The van der Waals surface area contributed by atoms with E-state index in [0.29, 0.717) is 23.0 Å². The molecule has 1 amide bonds. The van der Waals surface area contributed by atoms with Crippen LogP contribution in [0.15, 0.2) is 18.2 Å². The van der Waals surface area contributed by atoms with Crippen molar-refractivity contribution in [1.29, 1.82) is 0 Å². The maximum Gasteiger partial charge on any atom is 0.282 e. The molecule has 1 aromatic rings. The minimum Gasteiger partial charge on any atom is -0.494 e. The number of halogens is 1. The Kier molecular flexibility index (Phi) is 6.74. The van der Waals surface area contributed by atoms with Crippen molar-refractivity contribution in [3.8, 4) is 5.75 Å². The molecule has 6 heteroatoms. The molecule has 3 fully saturated rings. The number of carbonyl (C=O) groups is 1. The topological polar surface area (TPSA) is 32.8 Å². The Hall–Kier alpha value is -0.910. The van der Waals surface area contributed by atoms with Gasteiger partial charge in [0.25, 0.3) is 5.24 Å². The third kappa shape index (κ3) is 5.37. The fraction of sp³-hybridized carbons (Fsp3) is 0.682. The van der Waals surface area contributed by atoms with Gasteiger partial charge in [-0.25, -0.2) is 0 Å². The van der Waals surface area contributed by atoms with E-state index in [4.69, 9.17) is 16.3 Å². The van der Waals surface area contributed by atoms with Gasteiger partial charge in [0.15, 0.2) is 0 Å². The van der Waals surface area contributed by atoms with E-state index in [0.717, 1.165) is 55.8 Å². The van der Waals surface area contributed by atoms with E-state index in [9.17, 15) is 4.79 Å². The van der Waals surface area contributed by atoms with Gasteiger partial charge in [-0.15, -0.1) is 0 Å². The molecule has 0 bridgehead atoms. The molecule has 0 radical (unpaired) electrons. The Balaban J connectivity index is 1.23. The monoisotopic (exact) mass is 422 g/mol. The average molecular weight is 423 g/mol. The summed E-state index contributed by atoms with van der Waals surface area (Å²) in [5.74, 6) is 2.37. The first kappa shape index (κ1) is 20.4. The van der Waals surface area contributed by atoms with Gasteiger partial charge in [0, 0.05) is 29.9 Å². The zero-order valence-electron chi connectivity index (χ0n) is 16.7. The second-order valence-corrected chi connectivity index (χ2v) is 10.1. The summed E-state index contributed by atoms with van der Waals surface area (Å²) in [6.07, 6.45) is 6.05. The lowest BCUT2D eigenvalue weighted by Crippen LogP contribution is -2.39. The smallest absolute Gasteiger partial charge is 0.282 e. The van der Waals surface area contributed by atoms with Crippen LogP contribution in [0.2, 0.25) is 5.02 Å². The number of hydrogen-bond donors (Lipinski definition) is 0. The van der Waals surface area contributed by atoms with Gasteiger partial charge in [0.1, 0.15) is 5.75 Å². The molecule has 1 aromatic carbocycles. The molecule has 0 spiro atoms. The van der Waals surface area contributed by atoms with Crippen molar-refractivity contribution in [2.24, 2.45) is 11.8 Å². The number of likely N-dealkylation sites (tertiary alicyclic amines) is 1. The van der Waals surface area contributed by atoms with E-state index in [-0.39, 0.29) is 0 Å². The summed E-state index contributed by atoms with van der Waals surface area (Å²) in [7, 11) is 0. The molecule has 1 unspecified atom stereocenters. The Morgan fingerprint density at radius 1 is 1.14 bits per heavy atom. The largest absolute Gasteiger partial charge is 0.494 e. The van der Waals surface area contributed by atoms with Crippen LogP contribution in [0.3, 0.4) is 0 Å². The van der Waals surface area contributed by atoms with E-state index < -0.39 is 0 Å². The molecule has 0 aromatic heterocycles. The predicted octanol–water partition coefficient (Wildman–Crippen LogP) is 4.94. The van der Waals surface area contributed by atoms with E-state index in [1.807, 2.05) is 19.1 Å². The van der Waals surface area contributed by atoms with Gasteiger partial charge in [-0.1, -0.05) is 23.4 Å². The Bertz CT molecular complexity index is 689. The Morgan fingerprint density at radius 2 is 1.93 bits per heavy atom. The quantitative estimate of drug-likeness (QED) is 0.594. The van der Waals surface area contributed by atoms with Gasteiger partial charge in [-0.05, 0) is 87.7 Å². The first-order valence-corrected chi connectivity index (χ1v) is 12.0. The first-order chi connectivity index (χ1) is 13.6. The van der Waals surface area contributed by atoms with E-state index >= 15 is 0 Å². The van der Waals surface area contributed by atoms with Crippen molar-refractivity contribution in [2.75, 3.05) is 39.3 Å². The van der Waals surface area contributed by atoms with Crippen LogP contribution in [-0.2, 0) is 6.42 Å². The molecule has 2 aliphatic heterocycles. The van der Waals surface area contributed by atoms with E-state index in [2.05, 4.69) is 15.9 Å². The highest BCUT2D eigenvalue weighted by Gasteiger charge is 2.35. The molecular formula is C22H31ClN2O2S. The molecule has 2 heterocycles. The summed E-state index contributed by atoms with van der Waals surface area (Å²) < 4.78 is 5.63. The van der Waals surface area contributed by atoms with Crippen LogP contribution in [-0.4, -0.2) is 59.6 Å². The van der Waals surface area contributed by atoms with Crippen LogP contribution in [0.1, 0.15) is 38.2 Å². The van der Waals surface area contributed by atoms with Gasteiger partial charge in [0.2, 0.25) is 0 Å². The number of benzene rings is 1. The molecule has 28 heavy (non-hydrogen) atoms. The fourth-order valence-electron chi connectivity index (χ4n) is 4.37. The van der Waals surface area contributed by atoms with Gasteiger partial charge < -0.3 is 14.5 Å². The summed E-state index contributed by atoms with van der Waals surface area (Å²) in [4.78, 5) is 16.8. The molecular weight excluding hydrogens is 392 g/mol. The lowest BCUT2D eigenvalue weighted by atomic mass is 9.90. The van der Waals surface area contributed by atoms with Crippen LogP contribution >= 0.6 is 23.4 Å². The standard InChI is InChI=1S/C22H31ClN2O2S/c1-2-27-19-5-6-21(23)18(12-19)11-16-7-9-24(10-8-16)14-20-15-25(22(26)28-20)13-17-3-4-17/h5-6,12,16-17,20H,2-4,7-11,13-15H2,1H3. The zero-order chi connectivity index (χ0) is 19.5. The highest BCUT2D eigenvalue weighted by atomic mass is 35.5. The summed E-state index contributed by atoms with van der Waals surface area (Å²) in [6, 6.07) is 6.01. The van der Waals surface area contributed by atoms with Crippen molar-refractivity contribution in [1.82, 2.24) is 9.80 Å². The SMILES string of the molecule is CCOc1ccc(Cl)c(CC2CCN(CC3CN(CC4CC4)C(=O)S3)CC2)c1.